The number of hydrogen-bond acceptors (Lipinski definition) is 2. The van der Waals surface area contributed by atoms with Crippen molar-refractivity contribution in [2.45, 2.75) is 45.3 Å². The molecule has 0 aliphatic heterocycles. The van der Waals surface area contributed by atoms with Gasteiger partial charge in [0.15, 0.2) is 0 Å². The minimum Gasteiger partial charge on any atom is -0.369 e. The molecule has 0 unspecified atom stereocenters. The van der Waals surface area contributed by atoms with E-state index in [9.17, 15) is 4.79 Å². The Bertz CT molecular complexity index is 176. The molecule has 0 aromatic carbocycles. The highest BCUT2D eigenvalue weighted by Gasteiger charge is 2.25. The molecule has 76 valence electrons. The van der Waals surface area contributed by atoms with Crippen molar-refractivity contribution in [1.82, 2.24) is 4.90 Å². The van der Waals surface area contributed by atoms with Crippen LogP contribution >= 0.6 is 0 Å². The molecule has 0 N–H and O–H groups in total. The highest BCUT2D eigenvalue weighted by atomic mass is 16.5. The van der Waals surface area contributed by atoms with Crippen LogP contribution in [0.4, 0.5) is 0 Å². The zero-order valence-corrected chi connectivity index (χ0v) is 8.75. The predicted molar refractivity (Wildman–Crippen MR) is 51.5 cm³/mol. The average molecular weight is 185 g/mol. The molecule has 3 nitrogen and oxygen atoms in total. The van der Waals surface area contributed by atoms with Crippen LogP contribution in [0.25, 0.3) is 0 Å². The van der Waals surface area contributed by atoms with Crippen LogP contribution in [0.3, 0.4) is 0 Å². The van der Waals surface area contributed by atoms with Gasteiger partial charge in [-0.2, -0.15) is 0 Å². The summed E-state index contributed by atoms with van der Waals surface area (Å²) in [4.78, 5) is 13.3. The van der Waals surface area contributed by atoms with E-state index in [4.69, 9.17) is 4.74 Å². The summed E-state index contributed by atoms with van der Waals surface area (Å²) in [6.45, 7) is 4.11. The third-order valence-corrected chi connectivity index (χ3v) is 2.56. The molecule has 0 aromatic rings. The van der Waals surface area contributed by atoms with Crippen molar-refractivity contribution in [2.75, 3.05) is 13.7 Å². The number of carbonyl (C=O) groups is 1. The van der Waals surface area contributed by atoms with E-state index in [1.54, 1.807) is 0 Å². The predicted octanol–water partition coefficient (Wildman–Crippen LogP) is 1.42. The van der Waals surface area contributed by atoms with Gasteiger partial charge in [-0.15, -0.1) is 0 Å². The van der Waals surface area contributed by atoms with Gasteiger partial charge in [0, 0.05) is 13.1 Å². The van der Waals surface area contributed by atoms with E-state index in [2.05, 4.69) is 0 Å². The molecule has 1 aliphatic rings. The maximum Gasteiger partial charge on any atom is 0.248 e. The van der Waals surface area contributed by atoms with Gasteiger partial charge in [-0.25, -0.2) is 0 Å². The van der Waals surface area contributed by atoms with Crippen LogP contribution < -0.4 is 0 Å². The van der Waals surface area contributed by atoms with Gasteiger partial charge < -0.3 is 9.64 Å². The molecule has 0 radical (unpaired) electrons. The van der Waals surface area contributed by atoms with Crippen LogP contribution in [-0.4, -0.2) is 36.6 Å². The molecule has 1 rings (SSSR count). The van der Waals surface area contributed by atoms with E-state index in [1.165, 1.54) is 6.42 Å². The monoisotopic (exact) mass is 185 g/mol. The second-order valence-corrected chi connectivity index (χ2v) is 3.95. The molecule has 3 heteroatoms. The van der Waals surface area contributed by atoms with Crippen LogP contribution in [0, 0.1) is 0 Å². The standard InChI is InChI=1S/C10H19NO2/c1-8(2)13-7-10(12)11(3)9-5-4-6-9/h8-9H,4-7H2,1-3H3. The molecular weight excluding hydrogens is 166 g/mol. The van der Waals surface area contributed by atoms with E-state index >= 15 is 0 Å². The molecule has 0 saturated heterocycles. The Morgan fingerprint density at radius 3 is 2.54 bits per heavy atom. The fraction of sp³-hybridized carbons (Fsp3) is 0.900. The first kappa shape index (κ1) is 10.5. The fourth-order valence-electron chi connectivity index (χ4n) is 1.32. The van der Waals surface area contributed by atoms with Gasteiger partial charge in [-0.05, 0) is 33.1 Å². The number of hydrogen-bond donors (Lipinski definition) is 0. The van der Waals surface area contributed by atoms with E-state index < -0.39 is 0 Å². The number of ether oxygens (including phenoxy) is 1. The normalized spacial score (nSPS) is 17.2. The van der Waals surface area contributed by atoms with Crippen LogP contribution in [-0.2, 0) is 9.53 Å². The lowest BCUT2D eigenvalue weighted by Gasteiger charge is -2.34. The van der Waals surface area contributed by atoms with Gasteiger partial charge in [0.1, 0.15) is 6.61 Å². The lowest BCUT2D eigenvalue weighted by molar-refractivity contribution is -0.139. The van der Waals surface area contributed by atoms with E-state index in [0.29, 0.717) is 6.04 Å². The quantitative estimate of drug-likeness (QED) is 0.663. The maximum absolute atomic E-state index is 11.5. The van der Waals surface area contributed by atoms with Crippen LogP contribution in [0.2, 0.25) is 0 Å². The Morgan fingerprint density at radius 1 is 1.54 bits per heavy atom. The van der Waals surface area contributed by atoms with Crippen molar-refractivity contribution in [3.8, 4) is 0 Å². The highest BCUT2D eigenvalue weighted by Crippen LogP contribution is 2.23. The van der Waals surface area contributed by atoms with Crippen LogP contribution in [0.5, 0.6) is 0 Å². The highest BCUT2D eigenvalue weighted by molar-refractivity contribution is 5.77. The minimum absolute atomic E-state index is 0.110. The van der Waals surface area contributed by atoms with Gasteiger partial charge in [0.05, 0.1) is 6.10 Å². The molecule has 0 aromatic heterocycles. The summed E-state index contributed by atoms with van der Waals surface area (Å²) in [5.74, 6) is 0.110. The van der Waals surface area contributed by atoms with Gasteiger partial charge in [-0.3, -0.25) is 4.79 Å². The molecule has 1 amide bonds. The summed E-state index contributed by atoms with van der Waals surface area (Å²) >= 11 is 0. The van der Waals surface area contributed by atoms with Crippen molar-refractivity contribution < 1.29 is 9.53 Å². The largest absolute Gasteiger partial charge is 0.369 e. The molecule has 0 spiro atoms. The molecule has 0 heterocycles. The zero-order chi connectivity index (χ0) is 9.84. The molecule has 0 atom stereocenters. The first-order valence-electron chi connectivity index (χ1n) is 4.98. The first-order chi connectivity index (χ1) is 6.11. The summed E-state index contributed by atoms with van der Waals surface area (Å²) in [7, 11) is 1.87. The lowest BCUT2D eigenvalue weighted by atomic mass is 9.92. The average Bonchev–Trinajstić information content (AvgIpc) is 1.96. The second kappa shape index (κ2) is 4.61. The molecule has 1 aliphatic carbocycles. The van der Waals surface area contributed by atoms with Crippen molar-refractivity contribution in [3.05, 3.63) is 0 Å². The number of amides is 1. The van der Waals surface area contributed by atoms with Crippen LogP contribution in [0.15, 0.2) is 0 Å². The lowest BCUT2D eigenvalue weighted by Crippen LogP contribution is -2.43. The Labute approximate surface area is 80.1 Å². The Morgan fingerprint density at radius 2 is 2.15 bits per heavy atom. The van der Waals surface area contributed by atoms with Crippen molar-refractivity contribution >= 4 is 5.91 Å². The van der Waals surface area contributed by atoms with Crippen molar-refractivity contribution in [3.63, 3.8) is 0 Å². The summed E-state index contributed by atoms with van der Waals surface area (Å²) in [6.07, 6.45) is 3.71. The van der Waals surface area contributed by atoms with E-state index in [0.717, 1.165) is 12.8 Å². The summed E-state index contributed by atoms with van der Waals surface area (Å²) in [6, 6.07) is 0.475. The topological polar surface area (TPSA) is 29.5 Å². The van der Waals surface area contributed by atoms with Crippen molar-refractivity contribution in [2.24, 2.45) is 0 Å². The molecule has 0 bridgehead atoms. The smallest absolute Gasteiger partial charge is 0.248 e. The molecular formula is C10H19NO2. The van der Waals surface area contributed by atoms with Gasteiger partial charge in [0.2, 0.25) is 5.91 Å². The van der Waals surface area contributed by atoms with E-state index in [-0.39, 0.29) is 18.6 Å². The zero-order valence-electron chi connectivity index (χ0n) is 8.75. The summed E-state index contributed by atoms with van der Waals surface area (Å²) in [5.41, 5.74) is 0. The van der Waals surface area contributed by atoms with Gasteiger partial charge in [0.25, 0.3) is 0 Å². The fourth-order valence-corrected chi connectivity index (χ4v) is 1.32. The van der Waals surface area contributed by atoms with Gasteiger partial charge in [-0.1, -0.05) is 0 Å². The maximum atomic E-state index is 11.5. The third kappa shape index (κ3) is 2.99. The van der Waals surface area contributed by atoms with Gasteiger partial charge >= 0.3 is 0 Å². The third-order valence-electron chi connectivity index (χ3n) is 2.56. The Hall–Kier alpha value is -0.570. The van der Waals surface area contributed by atoms with Crippen molar-refractivity contribution in [1.29, 1.82) is 0 Å². The Kier molecular flexibility index (Phi) is 3.72. The molecule has 1 fully saturated rings. The Balaban J connectivity index is 2.21. The second-order valence-electron chi connectivity index (χ2n) is 3.95. The minimum atomic E-state index is 0.110. The number of nitrogens with zero attached hydrogens (tertiary/aromatic N) is 1. The SMILES string of the molecule is CC(C)OCC(=O)N(C)C1CCC1. The number of rotatable bonds is 4. The summed E-state index contributed by atoms with van der Waals surface area (Å²) < 4.78 is 5.25. The number of carbonyl (C=O) groups excluding carboxylic acids is 1. The molecule has 1 saturated carbocycles. The molecule has 13 heavy (non-hydrogen) atoms. The summed E-state index contributed by atoms with van der Waals surface area (Å²) in [5, 5.41) is 0. The number of likely N-dealkylation sites (N-methyl/N-ethyl adjacent to an activating group) is 1. The van der Waals surface area contributed by atoms with E-state index in [1.807, 2.05) is 25.8 Å². The van der Waals surface area contributed by atoms with Crippen LogP contribution in [0.1, 0.15) is 33.1 Å². The first-order valence-corrected chi connectivity index (χ1v) is 4.98.